The van der Waals surface area contributed by atoms with Crippen LogP contribution in [0.15, 0.2) is 35.3 Å². The van der Waals surface area contributed by atoms with Crippen molar-refractivity contribution in [2.45, 2.75) is 0 Å². The molecule has 0 atom stereocenters. The highest BCUT2D eigenvalue weighted by Crippen LogP contribution is 2.17. The van der Waals surface area contributed by atoms with E-state index in [1.807, 2.05) is 24.3 Å². The van der Waals surface area contributed by atoms with Crippen molar-refractivity contribution >= 4 is 21.5 Å². The molecule has 1 aromatic carbocycles. The van der Waals surface area contributed by atoms with Crippen LogP contribution in [0.1, 0.15) is 5.56 Å². The molecule has 0 radical (unpaired) electrons. The van der Waals surface area contributed by atoms with Gasteiger partial charge in [-0.3, -0.25) is 0 Å². The maximum Gasteiger partial charge on any atom is 0.115 e. The molecule has 0 saturated carbocycles. The minimum atomic E-state index is -0.490. The van der Waals surface area contributed by atoms with E-state index in [9.17, 15) is 4.39 Å². The van der Waals surface area contributed by atoms with Crippen LogP contribution in [0, 0.1) is 0 Å². The van der Waals surface area contributed by atoms with Gasteiger partial charge in [-0.25, -0.2) is 4.39 Å². The highest BCUT2D eigenvalue weighted by atomic mass is 79.9. The van der Waals surface area contributed by atoms with Crippen molar-refractivity contribution in [3.8, 4) is 0 Å². The second-order valence-corrected chi connectivity index (χ2v) is 3.16. The summed E-state index contributed by atoms with van der Waals surface area (Å²) in [6.45, 7) is 3.10. The zero-order valence-corrected chi connectivity index (χ0v) is 7.57. The minimum absolute atomic E-state index is 0.490. The predicted molar refractivity (Wildman–Crippen MR) is 49.2 cm³/mol. The molecule has 0 saturated heterocycles. The third-order valence-electron chi connectivity index (χ3n) is 1.39. The Labute approximate surface area is 73.9 Å². The van der Waals surface area contributed by atoms with Crippen LogP contribution in [-0.2, 0) is 0 Å². The summed E-state index contributed by atoms with van der Waals surface area (Å²) in [6, 6.07) is 7.45. The van der Waals surface area contributed by atoms with E-state index in [1.165, 1.54) is 0 Å². The van der Waals surface area contributed by atoms with Gasteiger partial charge in [-0.05, 0) is 23.3 Å². The summed E-state index contributed by atoms with van der Waals surface area (Å²) in [4.78, 5) is 0. The number of halogens is 2. The van der Waals surface area contributed by atoms with Gasteiger partial charge in [-0.2, -0.15) is 0 Å². The minimum Gasteiger partial charge on any atom is -0.246 e. The molecule has 0 N–H and O–H groups in total. The van der Waals surface area contributed by atoms with E-state index in [1.54, 1.807) is 0 Å². The monoisotopic (exact) mass is 214 g/mol. The quantitative estimate of drug-likeness (QED) is 0.708. The molecule has 2 heteroatoms. The van der Waals surface area contributed by atoms with E-state index in [0.717, 1.165) is 10.0 Å². The van der Waals surface area contributed by atoms with Crippen LogP contribution in [0.2, 0.25) is 0 Å². The fraction of sp³-hybridized carbons (Fsp3) is 0.111. The molecule has 0 aliphatic carbocycles. The second kappa shape index (κ2) is 3.67. The Morgan fingerprint density at radius 2 is 2.27 bits per heavy atom. The van der Waals surface area contributed by atoms with Crippen LogP contribution in [0.4, 0.5) is 4.39 Å². The second-order valence-electron chi connectivity index (χ2n) is 2.25. The van der Waals surface area contributed by atoms with Crippen LogP contribution in [0.3, 0.4) is 0 Å². The van der Waals surface area contributed by atoms with E-state index >= 15 is 0 Å². The Balaban J connectivity index is 2.96. The number of allylic oxidation sites excluding steroid dienone is 1. The largest absolute Gasteiger partial charge is 0.246 e. The molecule has 0 amide bonds. The molecule has 0 fully saturated rings. The molecular formula is C9H8BrF. The van der Waals surface area contributed by atoms with Crippen LogP contribution < -0.4 is 0 Å². The molecule has 0 bridgehead atoms. The van der Waals surface area contributed by atoms with Crippen LogP contribution in [-0.4, -0.2) is 6.67 Å². The standard InChI is InChI=1S/C9H8BrF/c1-7(6-11)8-3-2-4-9(10)5-8/h2-5H,1,6H2. The number of alkyl halides is 1. The lowest BCUT2D eigenvalue weighted by molar-refractivity contribution is 0.572. The van der Waals surface area contributed by atoms with Crippen molar-refractivity contribution in [1.29, 1.82) is 0 Å². The molecule has 1 rings (SSSR count). The Bertz CT molecular complexity index is 268. The maximum atomic E-state index is 12.1. The third-order valence-corrected chi connectivity index (χ3v) is 1.89. The first-order valence-corrected chi connectivity index (χ1v) is 4.03. The molecule has 0 spiro atoms. The van der Waals surface area contributed by atoms with Gasteiger partial charge in [0, 0.05) is 4.47 Å². The molecule has 0 nitrogen and oxygen atoms in total. The summed E-state index contributed by atoms with van der Waals surface area (Å²) < 4.78 is 13.0. The van der Waals surface area contributed by atoms with Crippen molar-refractivity contribution in [3.63, 3.8) is 0 Å². The summed E-state index contributed by atoms with van der Waals surface area (Å²) in [5.41, 5.74) is 1.37. The van der Waals surface area contributed by atoms with Gasteiger partial charge >= 0.3 is 0 Å². The first-order valence-electron chi connectivity index (χ1n) is 3.23. The smallest absolute Gasteiger partial charge is 0.115 e. The van der Waals surface area contributed by atoms with Crippen molar-refractivity contribution < 1.29 is 4.39 Å². The molecule has 1 aromatic rings. The van der Waals surface area contributed by atoms with Crippen molar-refractivity contribution in [1.82, 2.24) is 0 Å². The Morgan fingerprint density at radius 1 is 1.55 bits per heavy atom. The molecule has 0 aliphatic heterocycles. The van der Waals surface area contributed by atoms with Gasteiger partial charge in [0.25, 0.3) is 0 Å². The topological polar surface area (TPSA) is 0 Å². The van der Waals surface area contributed by atoms with E-state index in [0.29, 0.717) is 5.57 Å². The first kappa shape index (κ1) is 8.47. The van der Waals surface area contributed by atoms with Gasteiger partial charge in [-0.1, -0.05) is 34.6 Å². The molecule has 0 aromatic heterocycles. The van der Waals surface area contributed by atoms with Gasteiger partial charge in [0.05, 0.1) is 0 Å². The summed E-state index contributed by atoms with van der Waals surface area (Å²) >= 11 is 3.30. The highest BCUT2D eigenvalue weighted by molar-refractivity contribution is 9.10. The predicted octanol–water partition coefficient (Wildman–Crippen LogP) is 3.43. The van der Waals surface area contributed by atoms with Gasteiger partial charge in [0.1, 0.15) is 6.67 Å². The Kier molecular flexibility index (Phi) is 2.83. The molecular weight excluding hydrogens is 207 g/mol. The summed E-state index contributed by atoms with van der Waals surface area (Å²) in [7, 11) is 0. The van der Waals surface area contributed by atoms with Crippen molar-refractivity contribution in [2.75, 3.05) is 6.67 Å². The lowest BCUT2D eigenvalue weighted by atomic mass is 10.1. The molecule has 0 unspecified atom stereocenters. The maximum absolute atomic E-state index is 12.1. The van der Waals surface area contributed by atoms with Crippen LogP contribution >= 0.6 is 15.9 Å². The van der Waals surface area contributed by atoms with E-state index < -0.39 is 6.67 Å². The number of benzene rings is 1. The third kappa shape index (κ3) is 2.15. The number of rotatable bonds is 2. The van der Waals surface area contributed by atoms with Crippen LogP contribution in [0.25, 0.3) is 5.57 Å². The molecule has 58 valence electrons. The Hall–Kier alpha value is -0.630. The van der Waals surface area contributed by atoms with Gasteiger partial charge < -0.3 is 0 Å². The average Bonchev–Trinajstić information content (AvgIpc) is 2.03. The summed E-state index contributed by atoms with van der Waals surface area (Å²) in [6.07, 6.45) is 0. The lowest BCUT2D eigenvalue weighted by Crippen LogP contribution is -1.83. The number of hydrogen-bond acceptors (Lipinski definition) is 0. The zero-order valence-electron chi connectivity index (χ0n) is 5.98. The van der Waals surface area contributed by atoms with E-state index in [2.05, 4.69) is 22.5 Å². The fourth-order valence-corrected chi connectivity index (χ4v) is 1.18. The molecule has 0 aliphatic rings. The van der Waals surface area contributed by atoms with Crippen molar-refractivity contribution in [3.05, 3.63) is 40.9 Å². The normalized spacial score (nSPS) is 9.64. The van der Waals surface area contributed by atoms with E-state index in [4.69, 9.17) is 0 Å². The molecule has 11 heavy (non-hydrogen) atoms. The first-order chi connectivity index (χ1) is 5.24. The van der Waals surface area contributed by atoms with E-state index in [-0.39, 0.29) is 0 Å². The lowest BCUT2D eigenvalue weighted by Gasteiger charge is -2.00. The van der Waals surface area contributed by atoms with Gasteiger partial charge in [-0.15, -0.1) is 0 Å². The van der Waals surface area contributed by atoms with Gasteiger partial charge in [0.2, 0.25) is 0 Å². The summed E-state index contributed by atoms with van der Waals surface area (Å²) in [5, 5.41) is 0. The van der Waals surface area contributed by atoms with Crippen molar-refractivity contribution in [2.24, 2.45) is 0 Å². The average molecular weight is 215 g/mol. The van der Waals surface area contributed by atoms with Gasteiger partial charge in [0.15, 0.2) is 0 Å². The number of hydrogen-bond donors (Lipinski definition) is 0. The Morgan fingerprint density at radius 3 is 2.82 bits per heavy atom. The van der Waals surface area contributed by atoms with Crippen LogP contribution in [0.5, 0.6) is 0 Å². The highest BCUT2D eigenvalue weighted by Gasteiger charge is 1.97. The fourth-order valence-electron chi connectivity index (χ4n) is 0.786. The summed E-state index contributed by atoms with van der Waals surface area (Å²) in [5.74, 6) is 0. The molecule has 0 heterocycles. The SMILES string of the molecule is C=C(CF)c1cccc(Br)c1. The zero-order chi connectivity index (χ0) is 8.27.